The van der Waals surface area contributed by atoms with Crippen molar-refractivity contribution in [1.29, 1.82) is 0 Å². The van der Waals surface area contributed by atoms with Crippen molar-refractivity contribution in [3.8, 4) is 0 Å². The minimum Gasteiger partial charge on any atom is -0.496 e. The van der Waals surface area contributed by atoms with Crippen LogP contribution in [0, 0.1) is 0 Å². The van der Waals surface area contributed by atoms with E-state index in [-0.39, 0.29) is 16.9 Å². The largest absolute Gasteiger partial charge is 0.496 e. The predicted octanol–water partition coefficient (Wildman–Crippen LogP) is 1.39. The highest BCUT2D eigenvalue weighted by Crippen LogP contribution is 2.15. The third-order valence-electron chi connectivity index (χ3n) is 1.64. The summed E-state index contributed by atoms with van der Waals surface area (Å²) in [4.78, 5) is 21.9. The van der Waals surface area contributed by atoms with Gasteiger partial charge in [-0.2, -0.15) is 0 Å². The third-order valence-corrected chi connectivity index (χ3v) is 1.64. The number of carbonyl (C=O) groups excluding carboxylic acids is 2. The monoisotopic (exact) mass is 210 g/mol. The lowest BCUT2D eigenvalue weighted by molar-refractivity contribution is -0.136. The Morgan fingerprint density at radius 3 is 2.20 bits per heavy atom. The zero-order valence-corrected chi connectivity index (χ0v) is 9.07. The van der Waals surface area contributed by atoms with Gasteiger partial charge in [-0.1, -0.05) is 12.7 Å². The van der Waals surface area contributed by atoms with Gasteiger partial charge in [-0.15, -0.1) is 0 Å². The Hall–Kier alpha value is -1.84. The Kier molecular flexibility index (Phi) is 5.78. The van der Waals surface area contributed by atoms with Gasteiger partial charge >= 0.3 is 5.97 Å². The van der Waals surface area contributed by atoms with Crippen LogP contribution in [0.3, 0.4) is 0 Å². The van der Waals surface area contributed by atoms with Gasteiger partial charge in [0.25, 0.3) is 0 Å². The fraction of sp³-hybridized carbons (Fsp3) is 0.273. The van der Waals surface area contributed by atoms with Crippen molar-refractivity contribution < 1.29 is 19.1 Å². The van der Waals surface area contributed by atoms with E-state index in [1.165, 1.54) is 14.2 Å². The number of methoxy groups -OCH3 is 2. The highest BCUT2D eigenvalue weighted by atomic mass is 16.5. The topological polar surface area (TPSA) is 52.6 Å². The summed E-state index contributed by atoms with van der Waals surface area (Å²) in [6.07, 6.45) is 3.72. The molecule has 0 aromatic carbocycles. The van der Waals surface area contributed by atoms with E-state index < -0.39 is 5.97 Å². The highest BCUT2D eigenvalue weighted by Gasteiger charge is 2.18. The summed E-state index contributed by atoms with van der Waals surface area (Å²) in [5.41, 5.74) is 0.0601. The second-order valence-corrected chi connectivity index (χ2v) is 2.58. The molecule has 0 atom stereocenters. The molecule has 0 aliphatic heterocycles. The first-order valence-corrected chi connectivity index (χ1v) is 4.26. The van der Waals surface area contributed by atoms with Crippen molar-refractivity contribution in [2.45, 2.75) is 6.92 Å². The molecule has 0 saturated heterocycles. The molecule has 0 aromatic heterocycles. The maximum absolute atomic E-state index is 11.4. The minimum atomic E-state index is -0.651. The van der Waals surface area contributed by atoms with Crippen molar-refractivity contribution >= 4 is 12.3 Å². The zero-order valence-electron chi connectivity index (χ0n) is 9.07. The highest BCUT2D eigenvalue weighted by molar-refractivity contribution is 6.02. The quantitative estimate of drug-likeness (QED) is 0.226. The fourth-order valence-corrected chi connectivity index (χ4v) is 0.956. The first-order valence-electron chi connectivity index (χ1n) is 4.26. The second-order valence-electron chi connectivity index (χ2n) is 2.58. The number of esters is 1. The SMILES string of the molecule is C=C(C=O)/C(C(=O)OC)=C(\C=C/C)OC. The summed E-state index contributed by atoms with van der Waals surface area (Å²) < 4.78 is 9.51. The number of ether oxygens (including phenoxy) is 2. The predicted molar refractivity (Wildman–Crippen MR) is 56.1 cm³/mol. The van der Waals surface area contributed by atoms with Gasteiger partial charge in [0, 0.05) is 5.57 Å². The fourth-order valence-electron chi connectivity index (χ4n) is 0.956. The summed E-state index contributed by atoms with van der Waals surface area (Å²) in [5.74, 6) is -0.400. The Morgan fingerprint density at radius 1 is 1.27 bits per heavy atom. The lowest BCUT2D eigenvalue weighted by Crippen LogP contribution is -2.11. The molecule has 4 nitrogen and oxygen atoms in total. The molecule has 82 valence electrons. The molecule has 0 N–H and O–H groups in total. The van der Waals surface area contributed by atoms with Gasteiger partial charge in [-0.3, -0.25) is 4.79 Å². The molecule has 0 heterocycles. The van der Waals surface area contributed by atoms with Crippen LogP contribution in [-0.2, 0) is 19.1 Å². The normalized spacial score (nSPS) is 11.9. The van der Waals surface area contributed by atoms with E-state index >= 15 is 0 Å². The smallest absolute Gasteiger partial charge is 0.342 e. The Balaban J connectivity index is 5.48. The first kappa shape index (κ1) is 13.2. The molecule has 15 heavy (non-hydrogen) atoms. The lowest BCUT2D eigenvalue weighted by Gasteiger charge is -2.08. The number of rotatable bonds is 5. The van der Waals surface area contributed by atoms with Crippen LogP contribution in [0.1, 0.15) is 6.92 Å². The molecule has 0 saturated carbocycles. The van der Waals surface area contributed by atoms with Crippen molar-refractivity contribution in [3.05, 3.63) is 35.6 Å². The van der Waals surface area contributed by atoms with Gasteiger partial charge in [0.05, 0.1) is 14.2 Å². The maximum Gasteiger partial charge on any atom is 0.342 e. The van der Waals surface area contributed by atoms with Crippen LogP contribution in [0.2, 0.25) is 0 Å². The van der Waals surface area contributed by atoms with Gasteiger partial charge in [-0.05, 0) is 13.0 Å². The molecule has 0 radical (unpaired) electrons. The maximum atomic E-state index is 11.4. The molecule has 0 aliphatic rings. The van der Waals surface area contributed by atoms with E-state index in [0.717, 1.165) is 0 Å². The van der Waals surface area contributed by atoms with Crippen LogP contribution in [0.15, 0.2) is 35.6 Å². The van der Waals surface area contributed by atoms with E-state index in [2.05, 4.69) is 11.3 Å². The van der Waals surface area contributed by atoms with E-state index in [1.807, 2.05) is 0 Å². The van der Waals surface area contributed by atoms with Crippen LogP contribution >= 0.6 is 0 Å². The van der Waals surface area contributed by atoms with Crippen molar-refractivity contribution in [2.24, 2.45) is 0 Å². The third kappa shape index (κ3) is 3.42. The van der Waals surface area contributed by atoms with Crippen LogP contribution in [0.4, 0.5) is 0 Å². The minimum absolute atomic E-state index is 0.0248. The van der Waals surface area contributed by atoms with Gasteiger partial charge < -0.3 is 9.47 Å². The van der Waals surface area contributed by atoms with Crippen LogP contribution in [-0.4, -0.2) is 26.5 Å². The average Bonchev–Trinajstić information content (AvgIpc) is 2.27. The van der Waals surface area contributed by atoms with Gasteiger partial charge in [0.1, 0.15) is 17.6 Å². The van der Waals surface area contributed by atoms with Crippen molar-refractivity contribution in [2.75, 3.05) is 14.2 Å². The van der Waals surface area contributed by atoms with E-state index in [9.17, 15) is 9.59 Å². The molecule has 0 fully saturated rings. The van der Waals surface area contributed by atoms with Crippen LogP contribution in [0.25, 0.3) is 0 Å². The first-order chi connectivity index (χ1) is 7.12. The molecule has 0 rings (SSSR count). The van der Waals surface area contributed by atoms with Gasteiger partial charge in [0.2, 0.25) is 0 Å². The number of hydrogen-bond acceptors (Lipinski definition) is 4. The molecule has 0 unspecified atom stereocenters. The number of aldehydes is 1. The summed E-state index contributed by atoms with van der Waals surface area (Å²) in [6, 6.07) is 0. The molecule has 0 aliphatic carbocycles. The molecule has 0 amide bonds. The molecule has 0 bridgehead atoms. The Morgan fingerprint density at radius 2 is 1.87 bits per heavy atom. The summed E-state index contributed by atoms with van der Waals surface area (Å²) >= 11 is 0. The van der Waals surface area contributed by atoms with Crippen LogP contribution in [0.5, 0.6) is 0 Å². The molecule has 0 aromatic rings. The van der Waals surface area contributed by atoms with Crippen molar-refractivity contribution in [1.82, 2.24) is 0 Å². The zero-order chi connectivity index (χ0) is 11.8. The van der Waals surface area contributed by atoms with Gasteiger partial charge in [0.15, 0.2) is 0 Å². The Bertz CT molecular complexity index is 323. The lowest BCUT2D eigenvalue weighted by atomic mass is 10.1. The molecule has 0 spiro atoms. The summed E-state index contributed by atoms with van der Waals surface area (Å²) in [6.45, 7) is 5.21. The standard InChI is InChI=1S/C11H14O4/c1-5-6-9(14-3)10(8(2)7-12)11(13)15-4/h5-7H,2H2,1,3-4H3/b6-5-,10-9-. The molecular weight excluding hydrogens is 196 g/mol. The second kappa shape index (κ2) is 6.59. The van der Waals surface area contributed by atoms with Crippen LogP contribution < -0.4 is 0 Å². The Labute approximate surface area is 88.9 Å². The number of carbonyl (C=O) groups is 2. The average molecular weight is 210 g/mol. The van der Waals surface area contributed by atoms with Gasteiger partial charge in [-0.25, -0.2) is 4.79 Å². The van der Waals surface area contributed by atoms with E-state index in [0.29, 0.717) is 6.29 Å². The number of hydrogen-bond donors (Lipinski definition) is 0. The van der Waals surface area contributed by atoms with Crippen molar-refractivity contribution in [3.63, 3.8) is 0 Å². The summed E-state index contributed by atoms with van der Waals surface area (Å²) in [7, 11) is 2.62. The summed E-state index contributed by atoms with van der Waals surface area (Å²) in [5, 5.41) is 0. The van der Waals surface area contributed by atoms with E-state index in [4.69, 9.17) is 4.74 Å². The van der Waals surface area contributed by atoms with E-state index in [1.54, 1.807) is 19.1 Å². The number of allylic oxidation sites excluding steroid dienone is 2. The molecule has 4 heteroatoms. The molecular formula is C11H14O4.